The molecule has 2 amide bonds. The van der Waals surface area contributed by atoms with Crippen molar-refractivity contribution in [2.24, 2.45) is 0 Å². The third-order valence-electron chi connectivity index (χ3n) is 5.24. The molecule has 0 unspecified atom stereocenters. The van der Waals surface area contributed by atoms with Crippen LogP contribution in [-0.2, 0) is 19.1 Å². The number of methoxy groups -OCH3 is 1. The highest BCUT2D eigenvalue weighted by molar-refractivity contribution is 5.95. The van der Waals surface area contributed by atoms with Gasteiger partial charge in [0.25, 0.3) is 0 Å². The molecule has 7 heteroatoms. The first-order valence-corrected chi connectivity index (χ1v) is 9.63. The Balaban J connectivity index is 1.74. The molecule has 1 heterocycles. The van der Waals surface area contributed by atoms with Gasteiger partial charge in [0.2, 0.25) is 5.91 Å². The van der Waals surface area contributed by atoms with E-state index in [0.717, 1.165) is 5.56 Å². The first-order valence-electron chi connectivity index (χ1n) is 9.63. The number of likely N-dealkylation sites (tertiary alicyclic amines) is 1. The summed E-state index contributed by atoms with van der Waals surface area (Å²) in [6.45, 7) is 5.82. The first kappa shape index (κ1) is 20.2. The van der Waals surface area contributed by atoms with Crippen LogP contribution in [0.3, 0.4) is 0 Å². The van der Waals surface area contributed by atoms with Crippen LogP contribution >= 0.6 is 0 Å². The first-order chi connectivity index (χ1) is 13.2. The Labute approximate surface area is 165 Å². The molecule has 0 spiro atoms. The van der Waals surface area contributed by atoms with Crippen molar-refractivity contribution in [3.63, 3.8) is 0 Å². The van der Waals surface area contributed by atoms with Crippen molar-refractivity contribution >= 4 is 18.0 Å². The summed E-state index contributed by atoms with van der Waals surface area (Å²) in [6.07, 6.45) is 1.23. The molecule has 7 nitrogen and oxygen atoms in total. The third kappa shape index (κ3) is 3.98. The number of nitrogens with one attached hydrogen (secondary N) is 1. The van der Waals surface area contributed by atoms with Crippen molar-refractivity contribution in [3.8, 4) is 0 Å². The van der Waals surface area contributed by atoms with Gasteiger partial charge in [-0.05, 0) is 45.6 Å². The summed E-state index contributed by atoms with van der Waals surface area (Å²) >= 11 is 0. The van der Waals surface area contributed by atoms with E-state index in [2.05, 4.69) is 5.32 Å². The SMILES string of the molecule is COC(=O)[C@]1(NC(=O)[C@@H]2CCCN2C(=O)OC(C)(C)C)C[C@@H]1c1ccccc1. The Morgan fingerprint density at radius 1 is 1.18 bits per heavy atom. The third-order valence-corrected chi connectivity index (χ3v) is 5.24. The van der Waals surface area contributed by atoms with Crippen LogP contribution in [0.5, 0.6) is 0 Å². The van der Waals surface area contributed by atoms with E-state index < -0.39 is 29.2 Å². The highest BCUT2D eigenvalue weighted by Gasteiger charge is 2.63. The van der Waals surface area contributed by atoms with Crippen molar-refractivity contribution < 1.29 is 23.9 Å². The van der Waals surface area contributed by atoms with E-state index in [9.17, 15) is 14.4 Å². The fourth-order valence-corrected chi connectivity index (χ4v) is 3.83. The molecule has 28 heavy (non-hydrogen) atoms. The van der Waals surface area contributed by atoms with E-state index in [0.29, 0.717) is 25.8 Å². The topological polar surface area (TPSA) is 84.9 Å². The van der Waals surface area contributed by atoms with Gasteiger partial charge in [-0.3, -0.25) is 9.69 Å². The fraction of sp³-hybridized carbons (Fsp3) is 0.571. The molecular weight excluding hydrogens is 360 g/mol. The molecule has 3 atom stereocenters. The standard InChI is InChI=1S/C21H28N2O5/c1-20(2,3)28-19(26)23-12-8-11-16(23)17(24)22-21(18(25)27-4)13-15(21)14-9-6-5-7-10-14/h5-7,9-10,15-16H,8,11-13H2,1-4H3,(H,22,24)/t15-,16+,21+/m1/s1. The zero-order valence-corrected chi connectivity index (χ0v) is 16.9. The van der Waals surface area contributed by atoms with Gasteiger partial charge in [-0.15, -0.1) is 0 Å². The van der Waals surface area contributed by atoms with Crippen LogP contribution in [0.25, 0.3) is 0 Å². The summed E-state index contributed by atoms with van der Waals surface area (Å²) in [4.78, 5) is 39.4. The Kier molecular flexibility index (Phi) is 5.37. The number of carbonyl (C=O) groups is 3. The largest absolute Gasteiger partial charge is 0.467 e. The van der Waals surface area contributed by atoms with Gasteiger partial charge >= 0.3 is 12.1 Å². The van der Waals surface area contributed by atoms with Crippen LogP contribution in [0.2, 0.25) is 0 Å². The van der Waals surface area contributed by atoms with Crippen molar-refractivity contribution in [1.29, 1.82) is 0 Å². The molecule has 2 aliphatic rings. The number of nitrogens with zero attached hydrogens (tertiary/aromatic N) is 1. The number of ether oxygens (including phenoxy) is 2. The van der Waals surface area contributed by atoms with Crippen molar-refractivity contribution in [1.82, 2.24) is 10.2 Å². The number of hydrogen-bond donors (Lipinski definition) is 1. The summed E-state index contributed by atoms with van der Waals surface area (Å²) in [6, 6.07) is 8.93. The zero-order chi connectivity index (χ0) is 20.5. The Bertz CT molecular complexity index is 758. The molecule has 3 rings (SSSR count). The van der Waals surface area contributed by atoms with Crippen molar-refractivity contribution in [3.05, 3.63) is 35.9 Å². The Morgan fingerprint density at radius 2 is 1.86 bits per heavy atom. The number of carbonyl (C=O) groups excluding carboxylic acids is 3. The number of esters is 1. The van der Waals surface area contributed by atoms with Gasteiger partial charge in [0.05, 0.1) is 7.11 Å². The zero-order valence-electron chi connectivity index (χ0n) is 16.9. The number of hydrogen-bond acceptors (Lipinski definition) is 5. The molecule has 1 saturated carbocycles. The van der Waals surface area contributed by atoms with Gasteiger partial charge in [0, 0.05) is 12.5 Å². The average Bonchev–Trinajstić information content (AvgIpc) is 3.14. The van der Waals surface area contributed by atoms with Crippen molar-refractivity contribution in [2.75, 3.05) is 13.7 Å². The van der Waals surface area contributed by atoms with Gasteiger partial charge in [-0.25, -0.2) is 9.59 Å². The second-order valence-electron chi connectivity index (χ2n) is 8.45. The molecule has 1 saturated heterocycles. The molecular formula is C21H28N2O5. The second-order valence-corrected chi connectivity index (χ2v) is 8.45. The van der Waals surface area contributed by atoms with E-state index in [4.69, 9.17) is 9.47 Å². The van der Waals surface area contributed by atoms with Crippen LogP contribution in [0, 0.1) is 0 Å². The quantitative estimate of drug-likeness (QED) is 0.802. The van der Waals surface area contributed by atoms with Crippen LogP contribution in [0.4, 0.5) is 4.79 Å². The molecule has 0 aromatic heterocycles. The van der Waals surface area contributed by atoms with E-state index in [-0.39, 0.29) is 11.8 Å². The lowest BCUT2D eigenvalue weighted by molar-refractivity contribution is -0.147. The van der Waals surface area contributed by atoms with Crippen LogP contribution in [0.1, 0.15) is 51.5 Å². The Morgan fingerprint density at radius 3 is 2.46 bits per heavy atom. The maximum atomic E-state index is 13.0. The van der Waals surface area contributed by atoms with E-state index in [1.54, 1.807) is 20.8 Å². The van der Waals surface area contributed by atoms with Gasteiger partial charge in [0.15, 0.2) is 0 Å². The van der Waals surface area contributed by atoms with Crippen LogP contribution < -0.4 is 5.32 Å². The minimum atomic E-state index is -1.07. The predicted molar refractivity (Wildman–Crippen MR) is 103 cm³/mol. The molecule has 0 bridgehead atoms. The van der Waals surface area contributed by atoms with E-state index in [1.807, 2.05) is 30.3 Å². The summed E-state index contributed by atoms with van der Waals surface area (Å²) < 4.78 is 10.4. The highest BCUT2D eigenvalue weighted by Crippen LogP contribution is 2.52. The molecule has 1 N–H and O–H groups in total. The molecule has 0 radical (unpaired) electrons. The highest BCUT2D eigenvalue weighted by atomic mass is 16.6. The van der Waals surface area contributed by atoms with Crippen molar-refractivity contribution in [2.45, 2.75) is 63.1 Å². The van der Waals surface area contributed by atoms with Gasteiger partial charge in [-0.2, -0.15) is 0 Å². The molecule has 1 aromatic rings. The lowest BCUT2D eigenvalue weighted by Crippen LogP contribution is -2.53. The average molecular weight is 388 g/mol. The number of amides is 2. The second kappa shape index (κ2) is 7.45. The van der Waals surface area contributed by atoms with Crippen LogP contribution in [-0.4, -0.2) is 53.7 Å². The maximum Gasteiger partial charge on any atom is 0.410 e. The summed E-state index contributed by atoms with van der Waals surface area (Å²) in [5.41, 5.74) is -0.735. The fourth-order valence-electron chi connectivity index (χ4n) is 3.83. The van der Waals surface area contributed by atoms with Gasteiger partial charge in [0.1, 0.15) is 17.2 Å². The lowest BCUT2D eigenvalue weighted by atomic mass is 10.1. The van der Waals surface area contributed by atoms with E-state index in [1.165, 1.54) is 12.0 Å². The van der Waals surface area contributed by atoms with Gasteiger partial charge in [-0.1, -0.05) is 30.3 Å². The molecule has 2 fully saturated rings. The number of benzene rings is 1. The maximum absolute atomic E-state index is 13.0. The molecule has 152 valence electrons. The molecule has 1 aliphatic heterocycles. The lowest BCUT2D eigenvalue weighted by Gasteiger charge is -2.29. The smallest absolute Gasteiger partial charge is 0.410 e. The summed E-state index contributed by atoms with van der Waals surface area (Å²) in [5, 5.41) is 2.89. The molecule has 1 aromatic carbocycles. The minimum Gasteiger partial charge on any atom is -0.467 e. The van der Waals surface area contributed by atoms with Gasteiger partial charge < -0.3 is 14.8 Å². The normalized spacial score (nSPS) is 26.5. The molecule has 1 aliphatic carbocycles. The van der Waals surface area contributed by atoms with E-state index >= 15 is 0 Å². The Hall–Kier alpha value is -2.57. The van der Waals surface area contributed by atoms with Crippen LogP contribution in [0.15, 0.2) is 30.3 Å². The monoisotopic (exact) mass is 388 g/mol. The number of rotatable bonds is 4. The summed E-state index contributed by atoms with van der Waals surface area (Å²) in [7, 11) is 1.32. The predicted octanol–water partition coefficient (Wildman–Crippen LogP) is 2.60. The minimum absolute atomic E-state index is 0.138. The summed E-state index contributed by atoms with van der Waals surface area (Å²) in [5.74, 6) is -0.940.